The van der Waals surface area contributed by atoms with Gasteiger partial charge in [-0.2, -0.15) is 0 Å². The Hall–Kier alpha value is -2.34. The molecular formula is C22H27NO4S. The molecule has 6 heteroatoms. The molecule has 0 saturated heterocycles. The first-order chi connectivity index (χ1) is 13.4. The molecule has 2 aromatic rings. The standard InChI is InChI=1S/C22H27NO4S/c1-16(2)9-5-4-8-14-23-19-10-6-7-11-21(19)28(25,26)20-13-12-17(27-3)15-18(20)22(23)24/h6-7,10-13,15-16H,4-5,8-9,14H2,1-3H3. The van der Waals surface area contributed by atoms with Crippen LogP contribution in [0.5, 0.6) is 5.75 Å². The van der Waals surface area contributed by atoms with Crippen LogP contribution in [0.1, 0.15) is 49.9 Å². The van der Waals surface area contributed by atoms with Crippen molar-refractivity contribution in [3.63, 3.8) is 0 Å². The molecule has 28 heavy (non-hydrogen) atoms. The van der Waals surface area contributed by atoms with E-state index in [1.165, 1.54) is 19.2 Å². The number of carbonyl (C=O) groups excluding carboxylic acids is 1. The highest BCUT2D eigenvalue weighted by Gasteiger charge is 2.35. The highest BCUT2D eigenvalue weighted by molar-refractivity contribution is 7.91. The van der Waals surface area contributed by atoms with Crippen LogP contribution >= 0.6 is 0 Å². The number of amides is 1. The molecule has 5 nitrogen and oxygen atoms in total. The lowest BCUT2D eigenvalue weighted by molar-refractivity contribution is 0.0983. The first kappa shape index (κ1) is 20.4. The summed E-state index contributed by atoms with van der Waals surface area (Å²) in [4.78, 5) is 15.1. The van der Waals surface area contributed by atoms with Crippen molar-refractivity contribution in [1.29, 1.82) is 0 Å². The first-order valence-corrected chi connectivity index (χ1v) is 11.2. The third-order valence-electron chi connectivity index (χ3n) is 5.06. The van der Waals surface area contributed by atoms with Gasteiger partial charge in [-0.05, 0) is 42.7 Å². The Labute approximate surface area is 167 Å². The van der Waals surface area contributed by atoms with E-state index in [9.17, 15) is 13.2 Å². The maximum Gasteiger partial charge on any atom is 0.259 e. The molecule has 1 heterocycles. The average Bonchev–Trinajstić information content (AvgIpc) is 2.75. The van der Waals surface area contributed by atoms with E-state index in [-0.39, 0.29) is 21.3 Å². The molecular weight excluding hydrogens is 374 g/mol. The van der Waals surface area contributed by atoms with Crippen LogP contribution in [-0.2, 0) is 9.84 Å². The monoisotopic (exact) mass is 401 g/mol. The Bertz CT molecular complexity index is 966. The van der Waals surface area contributed by atoms with E-state index in [1.807, 2.05) is 0 Å². The Morgan fingerprint density at radius 2 is 1.75 bits per heavy atom. The number of rotatable bonds is 7. The zero-order valence-corrected chi connectivity index (χ0v) is 17.5. The molecule has 0 atom stereocenters. The third kappa shape index (κ3) is 3.92. The lowest BCUT2D eigenvalue weighted by Gasteiger charge is -2.23. The fourth-order valence-electron chi connectivity index (χ4n) is 3.54. The molecule has 0 saturated carbocycles. The number of hydrogen-bond acceptors (Lipinski definition) is 4. The predicted molar refractivity (Wildman–Crippen MR) is 110 cm³/mol. The number of ether oxygens (including phenoxy) is 1. The molecule has 1 aliphatic heterocycles. The van der Waals surface area contributed by atoms with Crippen molar-refractivity contribution in [1.82, 2.24) is 0 Å². The summed E-state index contributed by atoms with van der Waals surface area (Å²) in [5.41, 5.74) is 0.615. The van der Waals surface area contributed by atoms with Crippen LogP contribution in [0.4, 0.5) is 5.69 Å². The van der Waals surface area contributed by atoms with Gasteiger partial charge in [0.1, 0.15) is 5.75 Å². The van der Waals surface area contributed by atoms with Crippen molar-refractivity contribution in [2.75, 3.05) is 18.6 Å². The van der Waals surface area contributed by atoms with Crippen LogP contribution in [0.25, 0.3) is 0 Å². The summed E-state index contributed by atoms with van der Waals surface area (Å²) >= 11 is 0. The molecule has 0 fully saturated rings. The van der Waals surface area contributed by atoms with Gasteiger partial charge in [0.2, 0.25) is 9.84 Å². The van der Waals surface area contributed by atoms with Crippen LogP contribution in [-0.4, -0.2) is 28.0 Å². The van der Waals surface area contributed by atoms with Gasteiger partial charge in [0, 0.05) is 6.54 Å². The van der Waals surface area contributed by atoms with Crippen molar-refractivity contribution in [3.05, 3.63) is 48.0 Å². The van der Waals surface area contributed by atoms with E-state index in [0.29, 0.717) is 23.9 Å². The van der Waals surface area contributed by atoms with E-state index in [4.69, 9.17) is 4.74 Å². The molecule has 0 radical (unpaired) electrons. The molecule has 0 unspecified atom stereocenters. The van der Waals surface area contributed by atoms with Gasteiger partial charge in [0.15, 0.2) is 0 Å². The zero-order valence-electron chi connectivity index (χ0n) is 16.6. The summed E-state index contributed by atoms with van der Waals surface area (Å²) in [7, 11) is -2.29. The summed E-state index contributed by atoms with van der Waals surface area (Å²) in [5.74, 6) is 0.821. The normalized spacial score (nSPS) is 15.1. The molecule has 0 aromatic heterocycles. The SMILES string of the molecule is COc1ccc2c(c1)C(=O)N(CCCCCC(C)C)c1ccccc1S2(=O)=O. The van der Waals surface area contributed by atoms with Crippen molar-refractivity contribution < 1.29 is 17.9 Å². The molecule has 0 bridgehead atoms. The number of hydrogen-bond donors (Lipinski definition) is 0. The van der Waals surface area contributed by atoms with Gasteiger partial charge in [-0.15, -0.1) is 0 Å². The third-order valence-corrected chi connectivity index (χ3v) is 6.92. The van der Waals surface area contributed by atoms with Crippen LogP contribution in [0.15, 0.2) is 52.3 Å². The Balaban J connectivity index is 2.00. The summed E-state index contributed by atoms with van der Waals surface area (Å²) in [6, 6.07) is 11.3. The van der Waals surface area contributed by atoms with Gasteiger partial charge in [-0.1, -0.05) is 45.2 Å². The minimum atomic E-state index is -3.79. The molecule has 1 aliphatic rings. The van der Waals surface area contributed by atoms with E-state index < -0.39 is 9.84 Å². The Morgan fingerprint density at radius 1 is 1.00 bits per heavy atom. The molecule has 3 rings (SSSR count). The van der Waals surface area contributed by atoms with Crippen LogP contribution in [0.3, 0.4) is 0 Å². The fraction of sp³-hybridized carbons (Fsp3) is 0.409. The van der Waals surface area contributed by atoms with Gasteiger partial charge in [0.25, 0.3) is 5.91 Å². The number of para-hydroxylation sites is 1. The summed E-state index contributed by atoms with van der Waals surface area (Å²) in [6.07, 6.45) is 4.08. The highest BCUT2D eigenvalue weighted by Crippen LogP contribution is 2.38. The van der Waals surface area contributed by atoms with Crippen molar-refractivity contribution in [2.24, 2.45) is 5.92 Å². The summed E-state index contributed by atoms with van der Waals surface area (Å²) in [5, 5.41) is 0. The largest absolute Gasteiger partial charge is 0.497 e. The van der Waals surface area contributed by atoms with Crippen LogP contribution in [0.2, 0.25) is 0 Å². The number of anilines is 1. The van der Waals surface area contributed by atoms with E-state index >= 15 is 0 Å². The maximum absolute atomic E-state index is 13.3. The molecule has 0 spiro atoms. The maximum atomic E-state index is 13.3. The molecule has 1 amide bonds. The lowest BCUT2D eigenvalue weighted by atomic mass is 10.0. The second kappa shape index (κ2) is 8.35. The van der Waals surface area contributed by atoms with Gasteiger partial charge >= 0.3 is 0 Å². The summed E-state index contributed by atoms with van der Waals surface area (Å²) < 4.78 is 31.7. The minimum absolute atomic E-state index is 0.0352. The van der Waals surface area contributed by atoms with E-state index in [2.05, 4.69) is 13.8 Å². The minimum Gasteiger partial charge on any atom is -0.497 e. The number of sulfone groups is 1. The van der Waals surface area contributed by atoms with Gasteiger partial charge in [-0.25, -0.2) is 8.42 Å². The van der Waals surface area contributed by atoms with Crippen LogP contribution in [0, 0.1) is 5.92 Å². The van der Waals surface area contributed by atoms with E-state index in [1.54, 1.807) is 35.2 Å². The first-order valence-electron chi connectivity index (χ1n) is 9.70. The van der Waals surface area contributed by atoms with E-state index in [0.717, 1.165) is 25.7 Å². The summed E-state index contributed by atoms with van der Waals surface area (Å²) in [6.45, 7) is 4.88. The Morgan fingerprint density at radius 3 is 2.46 bits per heavy atom. The Kier molecular flexibility index (Phi) is 6.08. The molecule has 2 aromatic carbocycles. The topological polar surface area (TPSA) is 63.7 Å². The molecule has 150 valence electrons. The van der Waals surface area contributed by atoms with Crippen molar-refractivity contribution in [3.8, 4) is 5.75 Å². The number of fused-ring (bicyclic) bond motifs is 2. The van der Waals surface area contributed by atoms with Crippen molar-refractivity contribution in [2.45, 2.75) is 49.3 Å². The fourth-order valence-corrected chi connectivity index (χ4v) is 5.17. The number of carbonyl (C=O) groups is 1. The van der Waals surface area contributed by atoms with Gasteiger partial charge < -0.3 is 9.64 Å². The lowest BCUT2D eigenvalue weighted by Crippen LogP contribution is -2.31. The molecule has 0 aliphatic carbocycles. The average molecular weight is 402 g/mol. The van der Waals surface area contributed by atoms with Gasteiger partial charge in [-0.3, -0.25) is 4.79 Å². The second-order valence-electron chi connectivity index (χ2n) is 7.53. The number of benzene rings is 2. The molecule has 0 N–H and O–H groups in total. The highest BCUT2D eigenvalue weighted by atomic mass is 32.2. The predicted octanol–water partition coefficient (Wildman–Crippen LogP) is 4.70. The van der Waals surface area contributed by atoms with Crippen molar-refractivity contribution >= 4 is 21.4 Å². The second-order valence-corrected chi connectivity index (χ2v) is 9.42. The smallest absolute Gasteiger partial charge is 0.259 e. The van der Waals surface area contributed by atoms with Gasteiger partial charge in [0.05, 0.1) is 28.2 Å². The zero-order chi connectivity index (χ0) is 20.3. The van der Waals surface area contributed by atoms with Crippen LogP contribution < -0.4 is 9.64 Å². The number of nitrogens with zero attached hydrogens (tertiary/aromatic N) is 1. The number of methoxy groups -OCH3 is 1. The number of unbranched alkanes of at least 4 members (excludes halogenated alkanes) is 2. The quantitative estimate of drug-likeness (QED) is 0.631.